The molecule has 0 N–H and O–H groups in total. The Morgan fingerprint density at radius 3 is 2.33 bits per heavy atom. The Labute approximate surface area is 160 Å². The number of sulfonamides is 1. The highest BCUT2D eigenvalue weighted by molar-refractivity contribution is 7.89. The van der Waals surface area contributed by atoms with Crippen LogP contribution in [-0.2, 0) is 16.6 Å². The first kappa shape index (κ1) is 19.4. The molecule has 0 radical (unpaired) electrons. The molecule has 0 saturated carbocycles. The van der Waals surface area contributed by atoms with Crippen molar-refractivity contribution in [3.05, 3.63) is 59.7 Å². The number of hydrogen-bond donors (Lipinski definition) is 0. The molecule has 0 atom stereocenters. The fraction of sp³-hybridized carbons (Fsp3) is 0.350. The predicted octanol–water partition coefficient (Wildman–Crippen LogP) is 2.46. The lowest BCUT2D eigenvalue weighted by atomic mass is 10.1. The van der Waals surface area contributed by atoms with E-state index in [1.165, 1.54) is 0 Å². The van der Waals surface area contributed by atoms with Crippen LogP contribution < -0.4 is 4.74 Å². The highest BCUT2D eigenvalue weighted by Crippen LogP contribution is 2.21. The minimum absolute atomic E-state index is 0.295. The molecule has 2 aromatic rings. The van der Waals surface area contributed by atoms with Gasteiger partial charge in [-0.2, -0.15) is 9.57 Å². The van der Waals surface area contributed by atoms with Crippen molar-refractivity contribution in [2.45, 2.75) is 17.9 Å². The number of benzene rings is 2. The van der Waals surface area contributed by atoms with Gasteiger partial charge in [-0.25, -0.2) is 8.42 Å². The van der Waals surface area contributed by atoms with Crippen molar-refractivity contribution in [1.82, 2.24) is 9.21 Å². The number of methoxy groups -OCH3 is 1. The van der Waals surface area contributed by atoms with Crippen LogP contribution in [0.5, 0.6) is 5.75 Å². The second-order valence-corrected chi connectivity index (χ2v) is 8.46. The molecule has 27 heavy (non-hydrogen) atoms. The molecule has 1 aliphatic heterocycles. The fourth-order valence-electron chi connectivity index (χ4n) is 3.19. The smallest absolute Gasteiger partial charge is 0.243 e. The van der Waals surface area contributed by atoms with E-state index < -0.39 is 10.0 Å². The SMILES string of the molecule is COc1ccc(S(=O)(=O)N2CCCN(Cc3ccc(C#N)cc3)CC2)cc1. The minimum atomic E-state index is -3.50. The molecule has 6 nitrogen and oxygen atoms in total. The van der Waals surface area contributed by atoms with Crippen LogP contribution in [0.3, 0.4) is 0 Å². The van der Waals surface area contributed by atoms with Gasteiger partial charge in [0.1, 0.15) is 5.75 Å². The molecule has 3 rings (SSSR count). The molecule has 1 fully saturated rings. The zero-order valence-electron chi connectivity index (χ0n) is 15.3. The van der Waals surface area contributed by atoms with Crippen molar-refractivity contribution in [2.24, 2.45) is 0 Å². The average Bonchev–Trinajstić information content (AvgIpc) is 2.95. The Hall–Kier alpha value is -2.40. The van der Waals surface area contributed by atoms with Gasteiger partial charge in [-0.3, -0.25) is 4.90 Å². The highest BCUT2D eigenvalue weighted by Gasteiger charge is 2.26. The molecule has 1 heterocycles. The molecule has 0 amide bonds. The van der Waals surface area contributed by atoms with Gasteiger partial charge < -0.3 is 4.74 Å². The third-order valence-corrected chi connectivity index (χ3v) is 6.65. The van der Waals surface area contributed by atoms with Crippen LogP contribution in [0.15, 0.2) is 53.4 Å². The van der Waals surface area contributed by atoms with Crippen LogP contribution in [0.25, 0.3) is 0 Å². The van der Waals surface area contributed by atoms with Crippen LogP contribution in [0, 0.1) is 11.3 Å². The van der Waals surface area contributed by atoms with Crippen LogP contribution in [0.4, 0.5) is 0 Å². The van der Waals surface area contributed by atoms with Crippen molar-refractivity contribution < 1.29 is 13.2 Å². The standard InChI is InChI=1S/C20H23N3O3S/c1-26-19-7-9-20(10-8-19)27(24,25)23-12-2-11-22(13-14-23)16-18-5-3-17(15-21)4-6-18/h3-10H,2,11-14,16H2,1H3. The van der Waals surface area contributed by atoms with Crippen LogP contribution in [0.1, 0.15) is 17.5 Å². The second kappa shape index (κ2) is 8.53. The van der Waals surface area contributed by atoms with Crippen LogP contribution >= 0.6 is 0 Å². The second-order valence-electron chi connectivity index (χ2n) is 6.52. The first-order valence-electron chi connectivity index (χ1n) is 8.88. The molecular weight excluding hydrogens is 362 g/mol. The molecule has 2 aromatic carbocycles. The first-order chi connectivity index (χ1) is 13.0. The van der Waals surface area contributed by atoms with E-state index in [4.69, 9.17) is 10.00 Å². The monoisotopic (exact) mass is 385 g/mol. The van der Waals surface area contributed by atoms with Crippen molar-refractivity contribution >= 4 is 10.0 Å². The summed E-state index contributed by atoms with van der Waals surface area (Å²) < 4.78 is 32.5. The zero-order valence-corrected chi connectivity index (χ0v) is 16.2. The summed E-state index contributed by atoms with van der Waals surface area (Å²) in [5, 5.41) is 8.89. The minimum Gasteiger partial charge on any atom is -0.497 e. The Balaban J connectivity index is 1.65. The topological polar surface area (TPSA) is 73.6 Å². The molecule has 7 heteroatoms. The zero-order chi connectivity index (χ0) is 19.3. The molecule has 0 unspecified atom stereocenters. The van der Waals surface area contributed by atoms with E-state index in [1.807, 2.05) is 24.3 Å². The summed E-state index contributed by atoms with van der Waals surface area (Å²) in [4.78, 5) is 2.55. The molecule has 0 aliphatic carbocycles. The normalized spacial score (nSPS) is 16.4. The molecular formula is C20H23N3O3S. The number of ether oxygens (including phenoxy) is 1. The molecule has 142 valence electrons. The van der Waals surface area contributed by atoms with E-state index in [9.17, 15) is 8.42 Å². The Morgan fingerprint density at radius 1 is 1.00 bits per heavy atom. The van der Waals surface area contributed by atoms with Gasteiger partial charge in [0.2, 0.25) is 10.0 Å². The molecule has 1 saturated heterocycles. The summed E-state index contributed by atoms with van der Waals surface area (Å²) in [6.45, 7) is 3.25. The van der Waals surface area contributed by atoms with Crippen molar-refractivity contribution in [2.75, 3.05) is 33.3 Å². The average molecular weight is 385 g/mol. The maximum Gasteiger partial charge on any atom is 0.243 e. The lowest BCUT2D eigenvalue weighted by Gasteiger charge is -2.22. The maximum absolute atomic E-state index is 12.9. The number of nitriles is 1. The van der Waals surface area contributed by atoms with Gasteiger partial charge in [0.05, 0.1) is 23.6 Å². The maximum atomic E-state index is 12.9. The number of hydrogen-bond acceptors (Lipinski definition) is 5. The van der Waals surface area contributed by atoms with Crippen molar-refractivity contribution in [1.29, 1.82) is 5.26 Å². The van der Waals surface area contributed by atoms with E-state index in [1.54, 1.807) is 35.7 Å². The number of rotatable bonds is 5. The summed E-state index contributed by atoms with van der Waals surface area (Å²) in [7, 11) is -1.94. The Morgan fingerprint density at radius 2 is 1.70 bits per heavy atom. The third kappa shape index (κ3) is 4.66. The van der Waals surface area contributed by atoms with E-state index in [0.29, 0.717) is 35.8 Å². The van der Waals surface area contributed by atoms with Gasteiger partial charge in [0, 0.05) is 26.2 Å². The van der Waals surface area contributed by atoms with E-state index in [-0.39, 0.29) is 0 Å². The summed E-state index contributed by atoms with van der Waals surface area (Å²) in [6, 6.07) is 16.2. The summed E-state index contributed by atoms with van der Waals surface area (Å²) in [6.07, 6.45) is 0.783. The fourth-order valence-corrected chi connectivity index (χ4v) is 4.65. The van der Waals surface area contributed by atoms with Crippen LogP contribution in [0.2, 0.25) is 0 Å². The molecule has 0 aromatic heterocycles. The van der Waals surface area contributed by atoms with Gasteiger partial charge in [0.25, 0.3) is 0 Å². The molecule has 0 spiro atoms. The largest absolute Gasteiger partial charge is 0.497 e. The molecule has 1 aliphatic rings. The van der Waals surface area contributed by atoms with E-state index >= 15 is 0 Å². The third-order valence-electron chi connectivity index (χ3n) is 4.73. The Kier molecular flexibility index (Phi) is 6.11. The van der Waals surface area contributed by atoms with Gasteiger partial charge in [-0.15, -0.1) is 0 Å². The van der Waals surface area contributed by atoms with E-state index in [2.05, 4.69) is 11.0 Å². The summed E-state index contributed by atoms with van der Waals surface area (Å²) >= 11 is 0. The van der Waals surface area contributed by atoms with E-state index in [0.717, 1.165) is 25.1 Å². The lowest BCUT2D eigenvalue weighted by molar-refractivity contribution is 0.278. The van der Waals surface area contributed by atoms with Crippen molar-refractivity contribution in [3.8, 4) is 11.8 Å². The van der Waals surface area contributed by atoms with Crippen molar-refractivity contribution in [3.63, 3.8) is 0 Å². The van der Waals surface area contributed by atoms with Gasteiger partial charge in [-0.05, 0) is 54.9 Å². The Bertz CT molecular complexity index is 903. The molecule has 0 bridgehead atoms. The quantitative estimate of drug-likeness (QED) is 0.790. The lowest BCUT2D eigenvalue weighted by Crippen LogP contribution is -2.35. The highest BCUT2D eigenvalue weighted by atomic mass is 32.2. The first-order valence-corrected chi connectivity index (χ1v) is 10.3. The summed E-state index contributed by atoms with van der Waals surface area (Å²) in [5.41, 5.74) is 1.77. The van der Waals surface area contributed by atoms with Gasteiger partial charge in [-0.1, -0.05) is 12.1 Å². The van der Waals surface area contributed by atoms with Gasteiger partial charge >= 0.3 is 0 Å². The number of nitrogens with zero attached hydrogens (tertiary/aromatic N) is 3. The van der Waals surface area contributed by atoms with Crippen LogP contribution in [-0.4, -0.2) is 50.9 Å². The summed E-state index contributed by atoms with van der Waals surface area (Å²) in [5.74, 6) is 0.637. The van der Waals surface area contributed by atoms with Gasteiger partial charge in [0.15, 0.2) is 0 Å². The predicted molar refractivity (Wildman–Crippen MR) is 103 cm³/mol.